The topological polar surface area (TPSA) is 70.0 Å². The number of rotatable bonds is 7. The van der Waals surface area contributed by atoms with E-state index >= 15 is 0 Å². The number of ether oxygens (including phenoxy) is 3. The number of pyridine rings is 1. The fourth-order valence-corrected chi connectivity index (χ4v) is 3.84. The minimum absolute atomic E-state index is 0.184. The molecule has 7 heteroatoms. The van der Waals surface area contributed by atoms with Crippen molar-refractivity contribution < 1.29 is 19.0 Å². The van der Waals surface area contributed by atoms with E-state index in [2.05, 4.69) is 0 Å². The molecule has 0 atom stereocenters. The maximum Gasteiger partial charge on any atom is 0.263 e. The molecule has 1 fully saturated rings. The van der Waals surface area contributed by atoms with Gasteiger partial charge in [0.25, 0.3) is 11.5 Å². The Hall–Kier alpha value is -2.80. The Morgan fingerprint density at radius 3 is 2.40 bits per heavy atom. The average molecular weight is 415 g/mol. The largest absolute Gasteiger partial charge is 0.493 e. The van der Waals surface area contributed by atoms with Crippen LogP contribution in [0.4, 0.5) is 0 Å². The minimum atomic E-state index is -0.241. The van der Waals surface area contributed by atoms with Gasteiger partial charge in [-0.15, -0.1) is 0 Å². The van der Waals surface area contributed by atoms with Crippen molar-refractivity contribution in [2.24, 2.45) is 0 Å². The highest BCUT2D eigenvalue weighted by Gasteiger charge is 2.26. The zero-order valence-corrected chi connectivity index (χ0v) is 18.1. The van der Waals surface area contributed by atoms with Crippen molar-refractivity contribution in [3.8, 4) is 11.5 Å². The van der Waals surface area contributed by atoms with Crippen LogP contribution in [-0.4, -0.2) is 55.9 Å². The van der Waals surface area contributed by atoms with E-state index in [4.69, 9.17) is 14.2 Å². The summed E-state index contributed by atoms with van der Waals surface area (Å²) >= 11 is 0. The number of piperidine rings is 1. The van der Waals surface area contributed by atoms with Gasteiger partial charge in [0.2, 0.25) is 0 Å². The molecular formula is C23H30N2O5. The van der Waals surface area contributed by atoms with Gasteiger partial charge in [-0.2, -0.15) is 0 Å². The van der Waals surface area contributed by atoms with Crippen LogP contribution in [0.2, 0.25) is 0 Å². The number of aryl methyl sites for hydroxylation is 3. The average Bonchev–Trinajstić information content (AvgIpc) is 2.78. The molecule has 0 unspecified atom stereocenters. The first-order valence-electron chi connectivity index (χ1n) is 10.2. The van der Waals surface area contributed by atoms with E-state index < -0.39 is 0 Å². The number of nitrogens with zero attached hydrogens (tertiary/aromatic N) is 2. The Morgan fingerprint density at radius 1 is 1.07 bits per heavy atom. The van der Waals surface area contributed by atoms with Crippen molar-refractivity contribution in [3.05, 3.63) is 57.5 Å². The van der Waals surface area contributed by atoms with Gasteiger partial charge in [-0.25, -0.2) is 0 Å². The van der Waals surface area contributed by atoms with Crippen molar-refractivity contribution in [2.75, 3.05) is 34.4 Å². The first-order valence-corrected chi connectivity index (χ1v) is 10.2. The van der Waals surface area contributed by atoms with Crippen molar-refractivity contribution in [1.29, 1.82) is 0 Å². The minimum Gasteiger partial charge on any atom is -0.493 e. The number of methoxy groups -OCH3 is 3. The standard InChI is InChI=1S/C23H30N2O5/c1-16-7-11-24(12-8-17-5-6-19(29-3)20(15-17)30-4)22(26)21(16)23(27)25-13-9-18(28-2)10-14-25/h5-7,11,15,18H,8-10,12-14H2,1-4H3. The quantitative estimate of drug-likeness (QED) is 0.697. The highest BCUT2D eigenvalue weighted by molar-refractivity contribution is 5.95. The highest BCUT2D eigenvalue weighted by Crippen LogP contribution is 2.27. The second kappa shape index (κ2) is 9.80. The Bertz CT molecular complexity index is 945. The number of carbonyl (C=O) groups is 1. The van der Waals surface area contributed by atoms with Gasteiger partial charge in [-0.05, 0) is 55.5 Å². The monoisotopic (exact) mass is 414 g/mol. The molecule has 1 saturated heterocycles. The fourth-order valence-electron chi connectivity index (χ4n) is 3.84. The van der Waals surface area contributed by atoms with Crippen LogP contribution in [0.25, 0.3) is 0 Å². The molecule has 1 amide bonds. The Labute approximate surface area is 177 Å². The third kappa shape index (κ3) is 4.67. The maximum atomic E-state index is 13.1. The van der Waals surface area contributed by atoms with Crippen LogP contribution in [-0.2, 0) is 17.7 Å². The lowest BCUT2D eigenvalue weighted by molar-refractivity contribution is 0.0349. The Kier molecular flexibility index (Phi) is 7.15. The molecular weight excluding hydrogens is 384 g/mol. The fraction of sp³-hybridized carbons (Fsp3) is 0.478. The van der Waals surface area contributed by atoms with E-state index in [0.717, 1.165) is 18.4 Å². The molecule has 0 radical (unpaired) electrons. The van der Waals surface area contributed by atoms with Gasteiger partial charge in [-0.1, -0.05) is 6.07 Å². The van der Waals surface area contributed by atoms with Crippen LogP contribution in [0, 0.1) is 6.92 Å². The van der Waals surface area contributed by atoms with Gasteiger partial charge >= 0.3 is 0 Å². The predicted octanol–water partition coefficient (Wildman–Crippen LogP) is 2.67. The van der Waals surface area contributed by atoms with Gasteiger partial charge in [0, 0.05) is 32.9 Å². The van der Waals surface area contributed by atoms with Gasteiger partial charge < -0.3 is 23.7 Å². The van der Waals surface area contributed by atoms with Crippen molar-refractivity contribution in [3.63, 3.8) is 0 Å². The molecule has 0 spiro atoms. The number of hydrogen-bond donors (Lipinski definition) is 0. The van der Waals surface area contributed by atoms with Crippen LogP contribution in [0.5, 0.6) is 11.5 Å². The molecule has 7 nitrogen and oxygen atoms in total. The summed E-state index contributed by atoms with van der Waals surface area (Å²) in [4.78, 5) is 27.9. The summed E-state index contributed by atoms with van der Waals surface area (Å²) in [5, 5.41) is 0. The number of amides is 1. The summed E-state index contributed by atoms with van der Waals surface area (Å²) in [7, 11) is 4.89. The number of benzene rings is 1. The van der Waals surface area contributed by atoms with Crippen molar-refractivity contribution in [2.45, 2.75) is 38.8 Å². The summed E-state index contributed by atoms with van der Waals surface area (Å²) in [5.74, 6) is 1.13. The summed E-state index contributed by atoms with van der Waals surface area (Å²) in [6, 6.07) is 7.55. The third-order valence-electron chi connectivity index (χ3n) is 5.74. The lowest BCUT2D eigenvalue weighted by Crippen LogP contribution is -2.43. The lowest BCUT2D eigenvalue weighted by atomic mass is 10.0. The molecule has 1 aliphatic rings. The van der Waals surface area contributed by atoms with Crippen LogP contribution in [0.15, 0.2) is 35.3 Å². The lowest BCUT2D eigenvalue weighted by Gasteiger charge is -2.31. The number of hydrogen-bond acceptors (Lipinski definition) is 5. The molecule has 2 aromatic rings. The highest BCUT2D eigenvalue weighted by atomic mass is 16.5. The smallest absolute Gasteiger partial charge is 0.263 e. The number of likely N-dealkylation sites (tertiary alicyclic amines) is 1. The molecule has 162 valence electrons. The van der Waals surface area contributed by atoms with Crippen molar-refractivity contribution in [1.82, 2.24) is 9.47 Å². The Balaban J connectivity index is 1.76. The molecule has 0 bridgehead atoms. The molecule has 1 aliphatic heterocycles. The molecule has 30 heavy (non-hydrogen) atoms. The SMILES string of the molecule is COc1ccc(CCn2ccc(C)c(C(=O)N3CCC(OC)CC3)c2=O)cc1OC. The molecule has 1 aromatic carbocycles. The zero-order valence-electron chi connectivity index (χ0n) is 18.1. The van der Waals surface area contributed by atoms with E-state index in [1.165, 1.54) is 0 Å². The van der Waals surface area contributed by atoms with E-state index in [0.29, 0.717) is 43.1 Å². The van der Waals surface area contributed by atoms with E-state index in [1.807, 2.05) is 31.2 Å². The molecule has 1 aromatic heterocycles. The molecule has 2 heterocycles. The normalized spacial score (nSPS) is 14.6. The molecule has 3 rings (SSSR count). The first kappa shape index (κ1) is 21.9. The molecule has 0 N–H and O–H groups in total. The van der Waals surface area contributed by atoms with E-state index in [1.54, 1.807) is 37.0 Å². The van der Waals surface area contributed by atoms with Gasteiger partial charge in [0.05, 0.1) is 20.3 Å². The third-order valence-corrected chi connectivity index (χ3v) is 5.74. The van der Waals surface area contributed by atoms with Gasteiger partial charge in [-0.3, -0.25) is 9.59 Å². The van der Waals surface area contributed by atoms with Crippen LogP contribution >= 0.6 is 0 Å². The molecule has 0 aliphatic carbocycles. The molecule has 0 saturated carbocycles. The summed E-state index contributed by atoms with van der Waals surface area (Å²) in [6.45, 7) is 3.50. The summed E-state index contributed by atoms with van der Waals surface area (Å²) in [5.41, 5.74) is 1.76. The first-order chi connectivity index (χ1) is 14.5. The Morgan fingerprint density at radius 2 is 1.77 bits per heavy atom. The second-order valence-electron chi connectivity index (χ2n) is 7.54. The zero-order chi connectivity index (χ0) is 21.7. The van der Waals surface area contributed by atoms with Crippen LogP contribution in [0.1, 0.15) is 34.3 Å². The van der Waals surface area contributed by atoms with Crippen molar-refractivity contribution >= 4 is 5.91 Å². The van der Waals surface area contributed by atoms with Crippen LogP contribution < -0.4 is 15.0 Å². The van der Waals surface area contributed by atoms with Crippen LogP contribution in [0.3, 0.4) is 0 Å². The second-order valence-corrected chi connectivity index (χ2v) is 7.54. The van der Waals surface area contributed by atoms with E-state index in [-0.39, 0.29) is 23.1 Å². The van der Waals surface area contributed by atoms with E-state index in [9.17, 15) is 9.59 Å². The summed E-state index contributed by atoms with van der Waals surface area (Å²) in [6.07, 6.45) is 4.16. The number of carbonyl (C=O) groups excluding carboxylic acids is 1. The predicted molar refractivity (Wildman–Crippen MR) is 115 cm³/mol. The van der Waals surface area contributed by atoms with Gasteiger partial charge in [0.1, 0.15) is 5.56 Å². The summed E-state index contributed by atoms with van der Waals surface area (Å²) < 4.78 is 17.6. The maximum absolute atomic E-state index is 13.1. The number of aromatic nitrogens is 1. The van der Waals surface area contributed by atoms with Gasteiger partial charge in [0.15, 0.2) is 11.5 Å².